The highest BCUT2D eigenvalue weighted by atomic mass is 16.2. The predicted octanol–water partition coefficient (Wildman–Crippen LogP) is 2.30. The molecule has 1 atom stereocenters. The molecule has 1 unspecified atom stereocenters. The lowest BCUT2D eigenvalue weighted by Crippen LogP contribution is -2.32. The molecule has 0 N–H and O–H groups in total. The standard InChI is InChI=1S/C12H16O2/c1-4-6-12(7-5-2)10(13)8-9(3)11(12)14/h4-5,9H,1-2,6-8H2,3H3. The van der Waals surface area contributed by atoms with Crippen LogP contribution in [-0.4, -0.2) is 11.6 Å². The molecule has 0 aliphatic heterocycles. The number of hydrogen-bond donors (Lipinski definition) is 0. The Morgan fingerprint density at radius 3 is 2.14 bits per heavy atom. The van der Waals surface area contributed by atoms with E-state index >= 15 is 0 Å². The molecule has 76 valence electrons. The van der Waals surface area contributed by atoms with Crippen molar-refractivity contribution < 1.29 is 9.59 Å². The second-order valence-corrected chi connectivity index (χ2v) is 3.96. The van der Waals surface area contributed by atoms with Crippen molar-refractivity contribution >= 4 is 11.6 Å². The molecule has 1 aliphatic carbocycles. The van der Waals surface area contributed by atoms with Crippen molar-refractivity contribution in [2.45, 2.75) is 26.2 Å². The number of allylic oxidation sites excluding steroid dienone is 2. The first-order valence-corrected chi connectivity index (χ1v) is 4.88. The van der Waals surface area contributed by atoms with E-state index in [-0.39, 0.29) is 17.5 Å². The Balaban J connectivity index is 3.06. The summed E-state index contributed by atoms with van der Waals surface area (Å²) >= 11 is 0. The van der Waals surface area contributed by atoms with Crippen LogP contribution in [0.2, 0.25) is 0 Å². The van der Waals surface area contributed by atoms with E-state index in [4.69, 9.17) is 0 Å². The van der Waals surface area contributed by atoms with Crippen LogP contribution in [-0.2, 0) is 9.59 Å². The summed E-state index contributed by atoms with van der Waals surface area (Å²) in [6.45, 7) is 9.03. The van der Waals surface area contributed by atoms with Gasteiger partial charge in [-0.25, -0.2) is 0 Å². The summed E-state index contributed by atoms with van der Waals surface area (Å²) in [7, 11) is 0. The number of carbonyl (C=O) groups is 2. The van der Waals surface area contributed by atoms with Gasteiger partial charge in [-0.1, -0.05) is 19.1 Å². The van der Waals surface area contributed by atoms with Crippen LogP contribution < -0.4 is 0 Å². The number of Topliss-reactive ketones (excluding diaryl/α,β-unsaturated/α-hetero) is 2. The maximum absolute atomic E-state index is 11.9. The minimum absolute atomic E-state index is 0.0507. The molecule has 0 heterocycles. The van der Waals surface area contributed by atoms with Gasteiger partial charge in [-0.15, -0.1) is 13.2 Å². The van der Waals surface area contributed by atoms with E-state index in [1.165, 1.54) is 0 Å². The summed E-state index contributed by atoms with van der Waals surface area (Å²) in [6, 6.07) is 0. The molecule has 1 fully saturated rings. The average molecular weight is 192 g/mol. The number of hydrogen-bond acceptors (Lipinski definition) is 2. The van der Waals surface area contributed by atoms with E-state index in [2.05, 4.69) is 13.2 Å². The Hall–Kier alpha value is -1.18. The van der Waals surface area contributed by atoms with Gasteiger partial charge in [0.15, 0.2) is 0 Å². The highest BCUT2D eigenvalue weighted by molar-refractivity contribution is 6.14. The molecule has 2 heteroatoms. The molecular formula is C12H16O2. The van der Waals surface area contributed by atoms with Gasteiger partial charge in [-0.3, -0.25) is 9.59 Å². The van der Waals surface area contributed by atoms with E-state index in [1.54, 1.807) is 12.2 Å². The third-order valence-corrected chi connectivity index (χ3v) is 2.93. The molecule has 0 amide bonds. The normalized spacial score (nSPS) is 25.1. The fraction of sp³-hybridized carbons (Fsp3) is 0.500. The molecular weight excluding hydrogens is 176 g/mol. The molecule has 14 heavy (non-hydrogen) atoms. The van der Waals surface area contributed by atoms with Crippen LogP contribution in [0, 0.1) is 11.3 Å². The van der Waals surface area contributed by atoms with Gasteiger partial charge >= 0.3 is 0 Å². The monoisotopic (exact) mass is 192 g/mol. The van der Waals surface area contributed by atoms with Crippen LogP contribution in [0.5, 0.6) is 0 Å². The summed E-state index contributed by atoms with van der Waals surface area (Å²) in [5, 5.41) is 0. The fourth-order valence-corrected chi connectivity index (χ4v) is 2.18. The van der Waals surface area contributed by atoms with Gasteiger partial charge in [0, 0.05) is 12.3 Å². The van der Waals surface area contributed by atoms with Gasteiger partial charge in [0.2, 0.25) is 0 Å². The minimum atomic E-state index is -0.830. The van der Waals surface area contributed by atoms with Gasteiger partial charge < -0.3 is 0 Å². The molecule has 0 spiro atoms. The van der Waals surface area contributed by atoms with Gasteiger partial charge in [0.05, 0.1) is 5.41 Å². The van der Waals surface area contributed by atoms with Crippen molar-refractivity contribution in [2.75, 3.05) is 0 Å². The van der Waals surface area contributed by atoms with Crippen molar-refractivity contribution in [3.8, 4) is 0 Å². The van der Waals surface area contributed by atoms with Crippen molar-refractivity contribution in [1.82, 2.24) is 0 Å². The summed E-state index contributed by atoms with van der Waals surface area (Å²) in [4.78, 5) is 23.7. The molecule has 0 saturated heterocycles. The first-order valence-electron chi connectivity index (χ1n) is 4.88. The Morgan fingerprint density at radius 2 is 1.86 bits per heavy atom. The van der Waals surface area contributed by atoms with Crippen molar-refractivity contribution in [3.63, 3.8) is 0 Å². The third-order valence-electron chi connectivity index (χ3n) is 2.93. The number of rotatable bonds is 4. The first kappa shape index (κ1) is 10.9. The first-order chi connectivity index (χ1) is 6.58. The average Bonchev–Trinajstić information content (AvgIpc) is 2.33. The Kier molecular flexibility index (Phi) is 3.04. The van der Waals surface area contributed by atoms with E-state index < -0.39 is 5.41 Å². The molecule has 2 nitrogen and oxygen atoms in total. The largest absolute Gasteiger partial charge is 0.299 e. The van der Waals surface area contributed by atoms with Crippen molar-refractivity contribution in [1.29, 1.82) is 0 Å². The smallest absolute Gasteiger partial charge is 0.150 e. The zero-order valence-corrected chi connectivity index (χ0v) is 8.58. The Bertz CT molecular complexity index is 279. The summed E-state index contributed by atoms with van der Waals surface area (Å²) in [5.74, 6) is -0.0282. The molecule has 0 aromatic rings. The quantitative estimate of drug-likeness (QED) is 0.506. The molecule has 0 radical (unpaired) electrons. The van der Waals surface area contributed by atoms with Crippen LogP contribution in [0.15, 0.2) is 25.3 Å². The van der Waals surface area contributed by atoms with Crippen LogP contribution in [0.1, 0.15) is 26.2 Å². The van der Waals surface area contributed by atoms with E-state index in [9.17, 15) is 9.59 Å². The fourth-order valence-electron chi connectivity index (χ4n) is 2.18. The molecule has 1 rings (SSSR count). The van der Waals surface area contributed by atoms with Gasteiger partial charge in [-0.2, -0.15) is 0 Å². The van der Waals surface area contributed by atoms with Crippen molar-refractivity contribution in [3.05, 3.63) is 25.3 Å². The van der Waals surface area contributed by atoms with E-state index in [0.29, 0.717) is 19.3 Å². The van der Waals surface area contributed by atoms with E-state index in [1.807, 2.05) is 6.92 Å². The van der Waals surface area contributed by atoms with Crippen LogP contribution in [0.25, 0.3) is 0 Å². The zero-order chi connectivity index (χ0) is 10.8. The molecule has 0 aromatic heterocycles. The highest BCUT2D eigenvalue weighted by Crippen LogP contribution is 2.41. The summed E-state index contributed by atoms with van der Waals surface area (Å²) in [5.41, 5.74) is -0.830. The lowest BCUT2D eigenvalue weighted by molar-refractivity contribution is -0.135. The molecule has 1 aliphatic rings. The third kappa shape index (κ3) is 1.45. The zero-order valence-electron chi connectivity index (χ0n) is 8.58. The number of carbonyl (C=O) groups excluding carboxylic acids is 2. The second-order valence-electron chi connectivity index (χ2n) is 3.96. The second kappa shape index (κ2) is 3.91. The van der Waals surface area contributed by atoms with Crippen LogP contribution in [0.4, 0.5) is 0 Å². The SMILES string of the molecule is C=CCC1(CC=C)C(=O)CC(C)C1=O. The van der Waals surface area contributed by atoms with Gasteiger partial charge in [0.1, 0.15) is 11.6 Å². The molecule has 1 saturated carbocycles. The Labute approximate surface area is 84.7 Å². The molecule has 0 aromatic carbocycles. The van der Waals surface area contributed by atoms with Gasteiger partial charge in [0.25, 0.3) is 0 Å². The van der Waals surface area contributed by atoms with Gasteiger partial charge in [-0.05, 0) is 12.8 Å². The van der Waals surface area contributed by atoms with E-state index in [0.717, 1.165) is 0 Å². The number of ketones is 2. The lowest BCUT2D eigenvalue weighted by atomic mass is 9.77. The predicted molar refractivity (Wildman–Crippen MR) is 55.9 cm³/mol. The summed E-state index contributed by atoms with van der Waals surface area (Å²) in [6.07, 6.45) is 4.57. The van der Waals surface area contributed by atoms with Crippen LogP contribution >= 0.6 is 0 Å². The minimum Gasteiger partial charge on any atom is -0.299 e. The molecule has 0 bridgehead atoms. The van der Waals surface area contributed by atoms with Crippen molar-refractivity contribution in [2.24, 2.45) is 11.3 Å². The Morgan fingerprint density at radius 1 is 1.36 bits per heavy atom. The highest BCUT2D eigenvalue weighted by Gasteiger charge is 2.50. The topological polar surface area (TPSA) is 34.1 Å². The maximum atomic E-state index is 11.9. The summed E-state index contributed by atoms with van der Waals surface area (Å²) < 4.78 is 0. The maximum Gasteiger partial charge on any atom is 0.150 e. The van der Waals surface area contributed by atoms with Crippen LogP contribution in [0.3, 0.4) is 0 Å². The lowest BCUT2D eigenvalue weighted by Gasteiger charge is -2.22.